The molecule has 0 aliphatic carbocycles. The van der Waals surface area contributed by atoms with E-state index in [1.54, 1.807) is 7.11 Å². The third-order valence-corrected chi connectivity index (χ3v) is 5.38. The number of nitrogens with one attached hydrogen (secondary N) is 1. The second-order valence-corrected chi connectivity index (χ2v) is 6.99. The Kier molecular flexibility index (Phi) is 5.81. The van der Waals surface area contributed by atoms with Gasteiger partial charge in [-0.1, -0.05) is 12.1 Å². The summed E-state index contributed by atoms with van der Waals surface area (Å²) in [5, 5.41) is 2.96. The van der Waals surface area contributed by atoms with Gasteiger partial charge in [-0.15, -0.1) is 0 Å². The molecule has 1 aromatic rings. The van der Waals surface area contributed by atoms with Gasteiger partial charge in [-0.2, -0.15) is 0 Å². The highest BCUT2D eigenvalue weighted by Crippen LogP contribution is 2.32. The van der Waals surface area contributed by atoms with Gasteiger partial charge in [0, 0.05) is 38.3 Å². The summed E-state index contributed by atoms with van der Waals surface area (Å²) in [6, 6.07) is 8.62. The smallest absolute Gasteiger partial charge is 0.237 e. The van der Waals surface area contributed by atoms with Crippen LogP contribution in [0.5, 0.6) is 5.75 Å². The van der Waals surface area contributed by atoms with Crippen LogP contribution in [0.4, 0.5) is 5.69 Å². The number of likely N-dealkylation sites (N-methyl/N-ethyl adjacent to an activating group) is 1. The van der Waals surface area contributed by atoms with Gasteiger partial charge in [0.25, 0.3) is 0 Å². The fourth-order valence-corrected chi connectivity index (χ4v) is 4.18. The van der Waals surface area contributed by atoms with E-state index in [1.807, 2.05) is 19.1 Å². The number of carbonyl (C=O) groups excluding carboxylic acids is 1. The first-order valence-electron chi connectivity index (χ1n) is 9.31. The van der Waals surface area contributed by atoms with Crippen LogP contribution in [0.25, 0.3) is 0 Å². The molecule has 3 N–H and O–H groups in total. The van der Waals surface area contributed by atoms with E-state index >= 15 is 0 Å². The molecule has 1 aromatic carbocycles. The molecule has 0 radical (unpaired) electrons. The number of nitrogens with zero attached hydrogens (tertiary/aromatic N) is 2. The first-order chi connectivity index (χ1) is 12.1. The van der Waals surface area contributed by atoms with Crippen LogP contribution in [-0.4, -0.2) is 62.2 Å². The largest absolute Gasteiger partial charge is 0.495 e. The summed E-state index contributed by atoms with van der Waals surface area (Å²) in [7, 11) is 1.72. The highest BCUT2D eigenvalue weighted by atomic mass is 16.5. The first kappa shape index (κ1) is 18.0. The van der Waals surface area contributed by atoms with Crippen molar-refractivity contribution >= 4 is 11.6 Å². The summed E-state index contributed by atoms with van der Waals surface area (Å²) in [4.78, 5) is 17.1. The average Bonchev–Trinajstić information content (AvgIpc) is 3.04. The van der Waals surface area contributed by atoms with E-state index in [9.17, 15) is 4.79 Å². The second-order valence-electron chi connectivity index (χ2n) is 6.99. The standard InChI is InChI=1S/C19H30N4O2/c1-3-21-19(24)17-12-14(20)13-23(17)15-8-10-22(11-9-15)16-6-4-5-7-18(16)25-2/h4-7,14-15,17H,3,8-13,20H2,1-2H3,(H,21,24)/t14-,17-/m0/s1. The van der Waals surface area contributed by atoms with Crippen molar-refractivity contribution in [3.05, 3.63) is 24.3 Å². The van der Waals surface area contributed by atoms with Crippen molar-refractivity contribution in [1.29, 1.82) is 0 Å². The number of ether oxygens (including phenoxy) is 1. The molecule has 0 saturated carbocycles. The number of amides is 1. The number of rotatable bonds is 5. The summed E-state index contributed by atoms with van der Waals surface area (Å²) in [5.41, 5.74) is 7.32. The molecule has 138 valence electrons. The van der Waals surface area contributed by atoms with Crippen LogP contribution in [0.2, 0.25) is 0 Å². The fraction of sp³-hybridized carbons (Fsp3) is 0.632. The van der Waals surface area contributed by atoms with E-state index in [4.69, 9.17) is 10.5 Å². The number of anilines is 1. The molecule has 0 unspecified atom stereocenters. The molecule has 2 aliphatic rings. The quantitative estimate of drug-likeness (QED) is 0.838. The molecule has 25 heavy (non-hydrogen) atoms. The van der Waals surface area contributed by atoms with E-state index in [-0.39, 0.29) is 18.0 Å². The maximum Gasteiger partial charge on any atom is 0.237 e. The molecular formula is C19H30N4O2. The van der Waals surface area contributed by atoms with Gasteiger partial charge in [0.05, 0.1) is 18.8 Å². The van der Waals surface area contributed by atoms with Crippen molar-refractivity contribution in [2.45, 2.75) is 44.3 Å². The number of para-hydroxylation sites is 2. The SMILES string of the molecule is CCNC(=O)[C@@H]1C[C@H](N)CN1C1CCN(c2ccccc2OC)CC1. The van der Waals surface area contributed by atoms with Crippen molar-refractivity contribution in [1.82, 2.24) is 10.2 Å². The maximum atomic E-state index is 12.4. The van der Waals surface area contributed by atoms with Gasteiger partial charge in [0.1, 0.15) is 5.75 Å². The Bertz CT molecular complexity index is 587. The number of nitrogens with two attached hydrogens (primary N) is 1. The Morgan fingerprint density at radius 3 is 2.72 bits per heavy atom. The van der Waals surface area contributed by atoms with Crippen molar-refractivity contribution in [3.8, 4) is 5.75 Å². The lowest BCUT2D eigenvalue weighted by Crippen LogP contribution is -2.51. The molecule has 6 heteroatoms. The minimum absolute atomic E-state index is 0.0715. The molecular weight excluding hydrogens is 316 g/mol. The number of benzene rings is 1. The zero-order valence-electron chi connectivity index (χ0n) is 15.3. The van der Waals surface area contributed by atoms with Crippen molar-refractivity contribution in [2.75, 3.05) is 38.2 Å². The Hall–Kier alpha value is -1.79. The molecule has 6 nitrogen and oxygen atoms in total. The van der Waals surface area contributed by atoms with Crippen molar-refractivity contribution in [2.24, 2.45) is 5.73 Å². The molecule has 0 aromatic heterocycles. The maximum absolute atomic E-state index is 12.4. The number of hydrogen-bond donors (Lipinski definition) is 2. The van der Waals surface area contributed by atoms with Crippen molar-refractivity contribution in [3.63, 3.8) is 0 Å². The van der Waals surface area contributed by atoms with Crippen LogP contribution in [0.15, 0.2) is 24.3 Å². The minimum Gasteiger partial charge on any atom is -0.495 e. The van der Waals surface area contributed by atoms with Gasteiger partial charge < -0.3 is 20.7 Å². The normalized spacial score (nSPS) is 25.2. The third kappa shape index (κ3) is 3.90. The van der Waals surface area contributed by atoms with Gasteiger partial charge in [-0.05, 0) is 38.3 Å². The molecule has 2 heterocycles. The fourth-order valence-electron chi connectivity index (χ4n) is 4.18. The zero-order chi connectivity index (χ0) is 17.8. The molecule has 3 rings (SSSR count). The molecule has 1 amide bonds. The third-order valence-electron chi connectivity index (χ3n) is 5.38. The lowest BCUT2D eigenvalue weighted by molar-refractivity contribution is -0.126. The highest BCUT2D eigenvalue weighted by molar-refractivity contribution is 5.82. The molecule has 2 fully saturated rings. The van der Waals surface area contributed by atoms with Gasteiger partial charge in [0.15, 0.2) is 0 Å². The number of methoxy groups -OCH3 is 1. The lowest BCUT2D eigenvalue weighted by atomic mass is 10.0. The topological polar surface area (TPSA) is 70.8 Å². The van der Waals surface area contributed by atoms with Gasteiger partial charge in [-0.3, -0.25) is 9.69 Å². The molecule has 2 atom stereocenters. The molecule has 0 bridgehead atoms. The Morgan fingerprint density at radius 2 is 2.04 bits per heavy atom. The van der Waals surface area contributed by atoms with E-state index in [2.05, 4.69) is 27.2 Å². The number of carbonyl (C=O) groups is 1. The molecule has 0 spiro atoms. The Balaban J connectivity index is 1.64. The van der Waals surface area contributed by atoms with Crippen LogP contribution in [-0.2, 0) is 4.79 Å². The van der Waals surface area contributed by atoms with E-state index in [0.717, 1.165) is 50.3 Å². The number of piperidine rings is 1. The van der Waals surface area contributed by atoms with Gasteiger partial charge in [0.2, 0.25) is 5.91 Å². The predicted molar refractivity (Wildman–Crippen MR) is 100.0 cm³/mol. The Labute approximate surface area is 150 Å². The number of hydrogen-bond acceptors (Lipinski definition) is 5. The average molecular weight is 346 g/mol. The predicted octanol–water partition coefficient (Wildman–Crippen LogP) is 1.20. The van der Waals surface area contributed by atoms with Gasteiger partial charge in [-0.25, -0.2) is 0 Å². The zero-order valence-corrected chi connectivity index (χ0v) is 15.3. The van der Waals surface area contributed by atoms with Crippen LogP contribution < -0.4 is 20.7 Å². The number of likely N-dealkylation sites (tertiary alicyclic amines) is 1. The van der Waals surface area contributed by atoms with E-state index in [0.29, 0.717) is 12.6 Å². The van der Waals surface area contributed by atoms with Crippen LogP contribution >= 0.6 is 0 Å². The monoisotopic (exact) mass is 346 g/mol. The van der Waals surface area contributed by atoms with E-state index in [1.165, 1.54) is 0 Å². The van der Waals surface area contributed by atoms with Crippen LogP contribution in [0.3, 0.4) is 0 Å². The first-order valence-corrected chi connectivity index (χ1v) is 9.31. The summed E-state index contributed by atoms with van der Waals surface area (Å²) >= 11 is 0. The second kappa shape index (κ2) is 8.06. The Morgan fingerprint density at radius 1 is 1.32 bits per heavy atom. The lowest BCUT2D eigenvalue weighted by Gasteiger charge is -2.40. The summed E-state index contributed by atoms with van der Waals surface area (Å²) in [6.45, 7) is 5.40. The summed E-state index contributed by atoms with van der Waals surface area (Å²) in [6.07, 6.45) is 2.85. The summed E-state index contributed by atoms with van der Waals surface area (Å²) in [5.74, 6) is 1.05. The van der Waals surface area contributed by atoms with Crippen molar-refractivity contribution < 1.29 is 9.53 Å². The molecule has 2 aliphatic heterocycles. The minimum atomic E-state index is -0.0715. The molecule has 2 saturated heterocycles. The van der Waals surface area contributed by atoms with E-state index < -0.39 is 0 Å². The summed E-state index contributed by atoms with van der Waals surface area (Å²) < 4.78 is 5.49. The van der Waals surface area contributed by atoms with Gasteiger partial charge >= 0.3 is 0 Å². The van der Waals surface area contributed by atoms with Crippen LogP contribution in [0.1, 0.15) is 26.2 Å². The van der Waals surface area contributed by atoms with Crippen LogP contribution in [0, 0.1) is 0 Å². The highest BCUT2D eigenvalue weighted by Gasteiger charge is 2.39.